The minimum Gasteiger partial charge on any atom is -0.378 e. The molecular formula is C17H31NO2. The first-order valence-corrected chi connectivity index (χ1v) is 8.54. The highest BCUT2D eigenvalue weighted by Gasteiger charge is 2.61. The average Bonchev–Trinajstić information content (AvgIpc) is 2.33. The van der Waals surface area contributed by atoms with Crippen molar-refractivity contribution in [1.82, 2.24) is 5.32 Å². The Kier molecular flexibility index (Phi) is 3.89. The van der Waals surface area contributed by atoms with Crippen LogP contribution in [0.25, 0.3) is 0 Å². The van der Waals surface area contributed by atoms with Gasteiger partial charge >= 0.3 is 0 Å². The number of hydrogen-bond acceptors (Lipinski definition) is 3. The first-order valence-electron chi connectivity index (χ1n) is 8.54. The molecule has 116 valence electrons. The molecule has 3 aliphatic rings. The van der Waals surface area contributed by atoms with Gasteiger partial charge in [-0.2, -0.15) is 0 Å². The second-order valence-corrected chi connectivity index (χ2v) is 7.54. The van der Waals surface area contributed by atoms with E-state index in [0.29, 0.717) is 29.7 Å². The van der Waals surface area contributed by atoms with E-state index in [1.165, 1.54) is 32.1 Å². The fourth-order valence-electron chi connectivity index (χ4n) is 4.57. The van der Waals surface area contributed by atoms with Crippen molar-refractivity contribution in [3.63, 3.8) is 0 Å². The van der Waals surface area contributed by atoms with E-state index < -0.39 is 0 Å². The molecule has 0 aromatic rings. The van der Waals surface area contributed by atoms with E-state index in [-0.39, 0.29) is 5.41 Å². The van der Waals surface area contributed by atoms with Gasteiger partial charge in [-0.15, -0.1) is 0 Å². The van der Waals surface area contributed by atoms with Crippen molar-refractivity contribution in [3.8, 4) is 0 Å². The topological polar surface area (TPSA) is 30.5 Å². The van der Waals surface area contributed by atoms with Gasteiger partial charge in [0.15, 0.2) is 0 Å². The predicted molar refractivity (Wildman–Crippen MR) is 80.8 cm³/mol. The molecule has 3 heteroatoms. The smallest absolute Gasteiger partial charge is 0.0661 e. The highest BCUT2D eigenvalue weighted by molar-refractivity contribution is 5.15. The summed E-state index contributed by atoms with van der Waals surface area (Å²) in [5.41, 5.74) is 0.750. The van der Waals surface area contributed by atoms with Crippen LogP contribution < -0.4 is 5.32 Å². The third kappa shape index (κ3) is 2.05. The lowest BCUT2D eigenvalue weighted by atomic mass is 9.50. The van der Waals surface area contributed by atoms with Crippen LogP contribution in [0.3, 0.4) is 0 Å². The van der Waals surface area contributed by atoms with E-state index in [2.05, 4.69) is 33.0 Å². The fourth-order valence-corrected chi connectivity index (χ4v) is 4.57. The summed E-state index contributed by atoms with van der Waals surface area (Å²) in [5.74, 6) is 0. The average molecular weight is 281 g/mol. The molecule has 20 heavy (non-hydrogen) atoms. The van der Waals surface area contributed by atoms with Crippen LogP contribution in [0.15, 0.2) is 0 Å². The quantitative estimate of drug-likeness (QED) is 0.811. The Morgan fingerprint density at radius 3 is 2.05 bits per heavy atom. The minimum atomic E-state index is 0.275. The van der Waals surface area contributed by atoms with Gasteiger partial charge in [-0.1, -0.05) is 20.3 Å². The molecular weight excluding hydrogens is 250 g/mol. The lowest BCUT2D eigenvalue weighted by Gasteiger charge is -2.64. The summed E-state index contributed by atoms with van der Waals surface area (Å²) in [6.07, 6.45) is 7.44. The molecule has 0 amide bonds. The predicted octanol–water partition coefficient (Wildman–Crippen LogP) is 3.13. The molecule has 0 aromatic carbocycles. The van der Waals surface area contributed by atoms with Crippen LogP contribution in [0.1, 0.15) is 59.8 Å². The Labute approximate surface area is 123 Å². The summed E-state index contributed by atoms with van der Waals surface area (Å²) >= 11 is 0. The Morgan fingerprint density at radius 1 is 0.950 bits per heavy atom. The van der Waals surface area contributed by atoms with Crippen molar-refractivity contribution in [3.05, 3.63) is 0 Å². The molecule has 1 spiro atoms. The van der Waals surface area contributed by atoms with Crippen LogP contribution in [-0.2, 0) is 9.47 Å². The summed E-state index contributed by atoms with van der Waals surface area (Å²) in [5, 5.41) is 3.95. The molecule has 0 radical (unpaired) electrons. The first-order chi connectivity index (χ1) is 9.54. The summed E-state index contributed by atoms with van der Waals surface area (Å²) < 4.78 is 11.8. The van der Waals surface area contributed by atoms with Crippen molar-refractivity contribution in [2.45, 2.75) is 84.1 Å². The SMILES string of the molecule is CCOC1CC(NC2CC(OCC)C23CCC3)C1(C)C. The summed E-state index contributed by atoms with van der Waals surface area (Å²) in [6.45, 7) is 10.6. The molecule has 0 heterocycles. The lowest BCUT2D eigenvalue weighted by molar-refractivity contribution is -0.190. The fraction of sp³-hybridized carbons (Fsp3) is 1.00. The van der Waals surface area contributed by atoms with E-state index in [0.717, 1.165) is 13.2 Å². The molecule has 0 bridgehead atoms. The van der Waals surface area contributed by atoms with E-state index in [9.17, 15) is 0 Å². The van der Waals surface area contributed by atoms with E-state index in [4.69, 9.17) is 9.47 Å². The molecule has 0 saturated heterocycles. The zero-order valence-corrected chi connectivity index (χ0v) is 13.6. The molecule has 3 nitrogen and oxygen atoms in total. The maximum absolute atomic E-state index is 5.95. The highest BCUT2D eigenvalue weighted by atomic mass is 16.5. The third-order valence-corrected chi connectivity index (χ3v) is 6.39. The van der Waals surface area contributed by atoms with Gasteiger partial charge in [0.2, 0.25) is 0 Å². The molecule has 0 aromatic heterocycles. The maximum atomic E-state index is 5.95. The van der Waals surface area contributed by atoms with Crippen molar-refractivity contribution < 1.29 is 9.47 Å². The molecule has 3 aliphatic carbocycles. The Morgan fingerprint density at radius 2 is 1.55 bits per heavy atom. The van der Waals surface area contributed by atoms with Crippen molar-refractivity contribution in [2.24, 2.45) is 10.8 Å². The number of hydrogen-bond donors (Lipinski definition) is 1. The standard InChI is InChI=1S/C17H31NO2/c1-5-19-14-10-12(16(14,3)4)18-13-11-15(20-6-2)17(13)8-7-9-17/h12-15,18H,5-11H2,1-4H3. The Hall–Kier alpha value is -0.120. The van der Waals surface area contributed by atoms with E-state index >= 15 is 0 Å². The van der Waals surface area contributed by atoms with Gasteiger partial charge in [-0.25, -0.2) is 0 Å². The lowest BCUT2D eigenvalue weighted by Crippen LogP contribution is -2.72. The van der Waals surface area contributed by atoms with Crippen LogP contribution in [0.2, 0.25) is 0 Å². The van der Waals surface area contributed by atoms with Gasteiger partial charge in [0, 0.05) is 36.1 Å². The van der Waals surface area contributed by atoms with Crippen LogP contribution in [0.5, 0.6) is 0 Å². The zero-order chi connectivity index (χ0) is 14.4. The Balaban J connectivity index is 1.55. The van der Waals surface area contributed by atoms with Gasteiger partial charge in [0.1, 0.15) is 0 Å². The van der Waals surface area contributed by atoms with E-state index in [1.807, 2.05) is 0 Å². The van der Waals surface area contributed by atoms with Gasteiger partial charge in [0.05, 0.1) is 12.2 Å². The summed E-state index contributed by atoms with van der Waals surface area (Å²) in [7, 11) is 0. The van der Waals surface area contributed by atoms with Crippen LogP contribution in [-0.4, -0.2) is 37.5 Å². The molecule has 4 atom stereocenters. The number of rotatable bonds is 6. The van der Waals surface area contributed by atoms with Crippen LogP contribution in [0, 0.1) is 10.8 Å². The van der Waals surface area contributed by atoms with E-state index in [1.54, 1.807) is 0 Å². The first kappa shape index (κ1) is 14.8. The molecule has 4 unspecified atom stereocenters. The van der Waals surface area contributed by atoms with Crippen molar-refractivity contribution in [1.29, 1.82) is 0 Å². The molecule has 3 saturated carbocycles. The van der Waals surface area contributed by atoms with Gasteiger partial charge in [-0.05, 0) is 39.5 Å². The van der Waals surface area contributed by atoms with Gasteiger partial charge < -0.3 is 14.8 Å². The number of ether oxygens (including phenoxy) is 2. The molecule has 3 fully saturated rings. The third-order valence-electron chi connectivity index (χ3n) is 6.39. The van der Waals surface area contributed by atoms with Crippen LogP contribution >= 0.6 is 0 Å². The molecule has 0 aliphatic heterocycles. The van der Waals surface area contributed by atoms with Crippen molar-refractivity contribution >= 4 is 0 Å². The Bertz CT molecular complexity index is 351. The molecule has 1 N–H and O–H groups in total. The second-order valence-electron chi connectivity index (χ2n) is 7.54. The minimum absolute atomic E-state index is 0.275. The second kappa shape index (κ2) is 5.26. The summed E-state index contributed by atoms with van der Waals surface area (Å²) in [4.78, 5) is 0. The normalized spacial score (nSPS) is 40.8. The van der Waals surface area contributed by atoms with Gasteiger partial charge in [0.25, 0.3) is 0 Å². The zero-order valence-electron chi connectivity index (χ0n) is 13.6. The molecule has 3 rings (SSSR count). The van der Waals surface area contributed by atoms with Crippen molar-refractivity contribution in [2.75, 3.05) is 13.2 Å². The van der Waals surface area contributed by atoms with Crippen LogP contribution in [0.4, 0.5) is 0 Å². The monoisotopic (exact) mass is 281 g/mol. The number of nitrogens with one attached hydrogen (secondary N) is 1. The maximum Gasteiger partial charge on any atom is 0.0661 e. The highest BCUT2D eigenvalue weighted by Crippen LogP contribution is 2.58. The van der Waals surface area contributed by atoms with Gasteiger partial charge in [-0.3, -0.25) is 0 Å². The summed E-state index contributed by atoms with van der Waals surface area (Å²) in [6, 6.07) is 1.30. The largest absolute Gasteiger partial charge is 0.378 e.